The fraction of sp³-hybridized carbons (Fsp3) is 0.278. The maximum Gasteiger partial charge on any atom is 0.216 e. The van der Waals surface area contributed by atoms with Crippen LogP contribution in [0.4, 0.5) is 0 Å². The van der Waals surface area contributed by atoms with Crippen molar-refractivity contribution in [2.45, 2.75) is 13.8 Å². The van der Waals surface area contributed by atoms with Crippen molar-refractivity contribution >= 4 is 5.78 Å². The van der Waals surface area contributed by atoms with Crippen LogP contribution in [0.5, 0.6) is 0 Å². The molecule has 2 aromatic carbocycles. The first-order valence-corrected chi connectivity index (χ1v) is 7.26. The Morgan fingerprint density at radius 2 is 1.40 bits per heavy atom. The van der Waals surface area contributed by atoms with Gasteiger partial charge < -0.3 is 4.90 Å². The van der Waals surface area contributed by atoms with E-state index in [0.717, 1.165) is 24.2 Å². The molecule has 0 amide bonds. The van der Waals surface area contributed by atoms with Crippen LogP contribution in [-0.2, 0) is 0 Å². The fourth-order valence-electron chi connectivity index (χ4n) is 2.31. The van der Waals surface area contributed by atoms with Crippen molar-refractivity contribution in [3.05, 3.63) is 60.2 Å². The Labute approximate surface area is 121 Å². The molecule has 0 atom stereocenters. The van der Waals surface area contributed by atoms with Crippen LogP contribution in [0.2, 0.25) is 0 Å². The first-order chi connectivity index (χ1) is 9.74. The zero-order chi connectivity index (χ0) is 14.4. The number of rotatable bonds is 6. The molecule has 0 aliphatic heterocycles. The van der Waals surface area contributed by atoms with Gasteiger partial charge in [0.2, 0.25) is 5.78 Å². The van der Waals surface area contributed by atoms with Crippen LogP contribution in [0.25, 0.3) is 11.1 Å². The summed E-state index contributed by atoms with van der Waals surface area (Å²) in [7, 11) is 0. The van der Waals surface area contributed by atoms with E-state index in [4.69, 9.17) is 0 Å². The minimum absolute atomic E-state index is 0.225. The van der Waals surface area contributed by atoms with Gasteiger partial charge in [0, 0.05) is 5.56 Å². The minimum atomic E-state index is 0.225. The number of benzene rings is 2. The third-order valence-corrected chi connectivity index (χ3v) is 3.72. The summed E-state index contributed by atoms with van der Waals surface area (Å²) < 4.78 is 0. The quantitative estimate of drug-likeness (QED) is 0.799. The first-order valence-electron chi connectivity index (χ1n) is 7.26. The van der Waals surface area contributed by atoms with E-state index in [1.54, 1.807) is 0 Å². The van der Waals surface area contributed by atoms with Gasteiger partial charge in [0.25, 0.3) is 0 Å². The molecule has 0 aliphatic rings. The van der Waals surface area contributed by atoms with Crippen molar-refractivity contribution in [3.8, 4) is 11.1 Å². The fourth-order valence-corrected chi connectivity index (χ4v) is 2.31. The Bertz CT molecular complexity index is 541. The molecule has 0 bridgehead atoms. The normalized spacial score (nSPS) is 10.8. The van der Waals surface area contributed by atoms with E-state index in [-0.39, 0.29) is 5.78 Å². The van der Waals surface area contributed by atoms with E-state index in [2.05, 4.69) is 26.0 Å². The third-order valence-electron chi connectivity index (χ3n) is 3.72. The first kappa shape index (κ1) is 14.5. The number of nitrogens with one attached hydrogen (secondary N) is 1. The van der Waals surface area contributed by atoms with E-state index >= 15 is 0 Å². The molecule has 2 aromatic rings. The Morgan fingerprint density at radius 3 is 1.95 bits per heavy atom. The summed E-state index contributed by atoms with van der Waals surface area (Å²) in [5.41, 5.74) is 3.14. The van der Waals surface area contributed by atoms with Gasteiger partial charge in [-0.05, 0) is 25.0 Å². The van der Waals surface area contributed by atoms with Crippen LogP contribution in [-0.4, -0.2) is 25.4 Å². The van der Waals surface area contributed by atoms with E-state index < -0.39 is 0 Å². The largest absolute Gasteiger partial charge is 0.329 e. The smallest absolute Gasteiger partial charge is 0.216 e. The molecular formula is C18H22NO+. The molecule has 0 saturated carbocycles. The highest BCUT2D eigenvalue weighted by atomic mass is 16.1. The van der Waals surface area contributed by atoms with E-state index in [9.17, 15) is 4.79 Å². The van der Waals surface area contributed by atoms with Crippen molar-refractivity contribution < 1.29 is 9.69 Å². The van der Waals surface area contributed by atoms with Gasteiger partial charge in [0.15, 0.2) is 0 Å². The molecule has 0 fully saturated rings. The van der Waals surface area contributed by atoms with Crippen LogP contribution >= 0.6 is 0 Å². The van der Waals surface area contributed by atoms with Gasteiger partial charge in [-0.2, -0.15) is 0 Å². The molecule has 104 valence electrons. The van der Waals surface area contributed by atoms with Gasteiger partial charge >= 0.3 is 0 Å². The molecule has 0 aromatic heterocycles. The molecule has 0 heterocycles. The SMILES string of the molecule is CC[NH+](CC)CC(=O)c1ccc(-c2ccccc2)cc1. The monoisotopic (exact) mass is 268 g/mol. The molecule has 0 radical (unpaired) electrons. The maximum atomic E-state index is 12.2. The van der Waals surface area contributed by atoms with Crippen LogP contribution < -0.4 is 4.90 Å². The summed E-state index contributed by atoms with van der Waals surface area (Å²) in [6.45, 7) is 6.79. The molecule has 0 aliphatic carbocycles. The molecule has 0 spiro atoms. The maximum absolute atomic E-state index is 12.2. The summed E-state index contributed by atoms with van der Waals surface area (Å²) >= 11 is 0. The lowest BCUT2D eigenvalue weighted by Gasteiger charge is -2.14. The van der Waals surface area contributed by atoms with Crippen LogP contribution in [0.15, 0.2) is 54.6 Å². The number of hydrogen-bond acceptors (Lipinski definition) is 1. The highest BCUT2D eigenvalue weighted by Crippen LogP contribution is 2.19. The Balaban J connectivity index is 2.10. The van der Waals surface area contributed by atoms with E-state index in [1.165, 1.54) is 10.5 Å². The number of ketones is 1. The lowest BCUT2D eigenvalue weighted by molar-refractivity contribution is -0.887. The van der Waals surface area contributed by atoms with E-state index in [0.29, 0.717) is 6.54 Å². The number of likely N-dealkylation sites (N-methyl/N-ethyl adjacent to an activating group) is 1. The second kappa shape index (κ2) is 7.01. The van der Waals surface area contributed by atoms with Gasteiger partial charge in [-0.3, -0.25) is 4.79 Å². The topological polar surface area (TPSA) is 21.5 Å². The Kier molecular flexibility index (Phi) is 5.08. The highest BCUT2D eigenvalue weighted by molar-refractivity contribution is 5.97. The van der Waals surface area contributed by atoms with Gasteiger partial charge in [-0.15, -0.1) is 0 Å². The number of Topliss-reactive ketones (excluding diaryl/α,β-unsaturated/α-hetero) is 1. The highest BCUT2D eigenvalue weighted by Gasteiger charge is 2.12. The Morgan fingerprint density at radius 1 is 0.850 bits per heavy atom. The molecule has 0 saturated heterocycles. The van der Waals surface area contributed by atoms with Gasteiger partial charge in [0.05, 0.1) is 13.1 Å². The standard InChI is InChI=1S/C18H21NO/c1-3-19(4-2)14-18(20)17-12-10-16(11-13-17)15-8-6-5-7-9-15/h5-13H,3-4,14H2,1-2H3/p+1. The van der Waals surface area contributed by atoms with Crippen molar-refractivity contribution in [3.63, 3.8) is 0 Å². The van der Waals surface area contributed by atoms with Gasteiger partial charge in [0.1, 0.15) is 6.54 Å². The van der Waals surface area contributed by atoms with Crippen LogP contribution in [0.1, 0.15) is 24.2 Å². The minimum Gasteiger partial charge on any atom is -0.329 e. The summed E-state index contributed by atoms with van der Waals surface area (Å²) in [5.74, 6) is 0.225. The second-order valence-electron chi connectivity index (χ2n) is 5.00. The summed E-state index contributed by atoms with van der Waals surface area (Å²) in [6.07, 6.45) is 0. The lowest BCUT2D eigenvalue weighted by atomic mass is 10.0. The van der Waals surface area contributed by atoms with Crippen LogP contribution in [0, 0.1) is 0 Å². The average Bonchev–Trinajstić information content (AvgIpc) is 2.53. The summed E-state index contributed by atoms with van der Waals surface area (Å²) in [5, 5.41) is 0. The molecule has 2 rings (SSSR count). The van der Waals surface area contributed by atoms with E-state index in [1.807, 2.05) is 42.5 Å². The lowest BCUT2D eigenvalue weighted by Crippen LogP contribution is -3.12. The van der Waals surface area contributed by atoms with Crippen LogP contribution in [0.3, 0.4) is 0 Å². The van der Waals surface area contributed by atoms with Crippen molar-refractivity contribution in [1.82, 2.24) is 0 Å². The summed E-state index contributed by atoms with van der Waals surface area (Å²) in [6, 6.07) is 18.2. The summed E-state index contributed by atoms with van der Waals surface area (Å²) in [4.78, 5) is 13.5. The number of carbonyl (C=O) groups excluding carboxylic acids is 1. The van der Waals surface area contributed by atoms with Gasteiger partial charge in [-0.1, -0.05) is 54.6 Å². The van der Waals surface area contributed by atoms with Crippen molar-refractivity contribution in [2.24, 2.45) is 0 Å². The Hall–Kier alpha value is -1.93. The van der Waals surface area contributed by atoms with Crippen molar-refractivity contribution in [2.75, 3.05) is 19.6 Å². The molecule has 2 heteroatoms. The number of hydrogen-bond donors (Lipinski definition) is 1. The predicted octanol–water partition coefficient (Wildman–Crippen LogP) is 2.46. The average molecular weight is 268 g/mol. The molecule has 20 heavy (non-hydrogen) atoms. The van der Waals surface area contributed by atoms with Crippen molar-refractivity contribution in [1.29, 1.82) is 0 Å². The zero-order valence-corrected chi connectivity index (χ0v) is 12.2. The molecular weight excluding hydrogens is 246 g/mol. The molecule has 1 N–H and O–H groups in total. The second-order valence-corrected chi connectivity index (χ2v) is 5.00. The molecule has 2 nitrogen and oxygen atoms in total. The third kappa shape index (κ3) is 3.55. The van der Waals surface area contributed by atoms with Gasteiger partial charge in [-0.25, -0.2) is 0 Å². The zero-order valence-electron chi connectivity index (χ0n) is 12.2. The number of quaternary nitrogens is 1. The number of carbonyl (C=O) groups is 1. The predicted molar refractivity (Wildman–Crippen MR) is 83.1 cm³/mol. The molecule has 0 unspecified atom stereocenters.